The Morgan fingerprint density at radius 2 is 1.61 bits per heavy atom. The summed E-state index contributed by atoms with van der Waals surface area (Å²) in [7, 11) is 0. The molecule has 0 saturated heterocycles. The highest BCUT2D eigenvalue weighted by atomic mass is 16.7. The predicted octanol–water partition coefficient (Wildman–Crippen LogP) is 1.24. The highest BCUT2D eigenvalue weighted by Crippen LogP contribution is 2.07. The molecule has 11 nitrogen and oxygen atoms in total. The number of amides is 3. The molecule has 6 N–H and O–H groups in total. The van der Waals surface area contributed by atoms with Crippen molar-refractivity contribution < 1.29 is 28.8 Å². The quantitative estimate of drug-likeness (QED) is 0.237. The molecule has 0 bridgehead atoms. The second-order valence-electron chi connectivity index (χ2n) is 7.14. The van der Waals surface area contributed by atoms with E-state index in [4.69, 9.17) is 20.7 Å². The Kier molecular flexibility index (Phi) is 8.92. The zero-order valence-corrected chi connectivity index (χ0v) is 18.1. The van der Waals surface area contributed by atoms with Gasteiger partial charge in [-0.3, -0.25) is 20.3 Å². The molecule has 0 aromatic heterocycles. The average Bonchev–Trinajstić information content (AvgIpc) is 2.76. The first-order valence-corrected chi connectivity index (χ1v) is 9.93. The second-order valence-corrected chi connectivity index (χ2v) is 7.14. The minimum atomic E-state index is -1.13. The molecule has 0 aliphatic carbocycles. The van der Waals surface area contributed by atoms with Gasteiger partial charge in [-0.15, -0.1) is 0 Å². The number of rotatable bonds is 7. The van der Waals surface area contributed by atoms with Crippen molar-refractivity contribution in [2.24, 2.45) is 5.73 Å². The van der Waals surface area contributed by atoms with E-state index in [0.29, 0.717) is 0 Å². The van der Waals surface area contributed by atoms with Crippen molar-refractivity contribution in [3.05, 3.63) is 71.3 Å². The van der Waals surface area contributed by atoms with Crippen LogP contribution in [0.4, 0.5) is 4.79 Å². The molecule has 2 rings (SSSR count). The molecule has 2 aromatic carbocycles. The van der Waals surface area contributed by atoms with Crippen LogP contribution in [0.5, 0.6) is 0 Å². The van der Waals surface area contributed by atoms with Crippen molar-refractivity contribution in [2.75, 3.05) is 0 Å². The number of benzene rings is 2. The van der Waals surface area contributed by atoms with Crippen LogP contribution in [0, 0.1) is 5.41 Å². The molecule has 3 amide bonds. The number of nitrogens with one attached hydrogen (secondary N) is 4. The van der Waals surface area contributed by atoms with Crippen molar-refractivity contribution in [3.63, 3.8) is 0 Å². The van der Waals surface area contributed by atoms with Crippen molar-refractivity contribution in [3.8, 4) is 0 Å². The van der Waals surface area contributed by atoms with Gasteiger partial charge in [0.2, 0.25) is 0 Å². The zero-order chi connectivity index (χ0) is 24.4. The molecule has 174 valence electrons. The molecule has 0 unspecified atom stereocenters. The van der Waals surface area contributed by atoms with E-state index >= 15 is 0 Å². The molecule has 0 saturated carbocycles. The second kappa shape index (κ2) is 11.8. The normalized spacial score (nSPS) is 11.1. The number of carbonyl (C=O) groups is 4. The Bertz CT molecular complexity index is 1020. The van der Waals surface area contributed by atoms with Gasteiger partial charge in [-0.2, -0.15) is 5.48 Å². The smallest absolute Gasteiger partial charge is 0.408 e. The number of alkyl carbamates (subject to hydrolysis) is 1. The molecule has 0 aliphatic heterocycles. The van der Waals surface area contributed by atoms with E-state index in [1.807, 2.05) is 11.5 Å². The minimum Gasteiger partial charge on any atom is -0.447 e. The standard InChI is InChI=1S/C22H25N5O6/c1-13(2)32-22(31)25-17(11-14-7-4-3-5-8-14)20(30)33-27-19(29)16-10-6-9-15(12-16)18(28)26-21(23)24/h3-10,12-13,17H,11H2,1-2H3,(H,25,31)(H,27,29)(H4,23,24,26,28)/t17-/m0/s1. The number of hydroxylamine groups is 1. The van der Waals surface area contributed by atoms with Gasteiger partial charge in [0.15, 0.2) is 5.96 Å². The number of guanidine groups is 1. The molecule has 0 spiro atoms. The molecular formula is C22H25N5O6. The van der Waals surface area contributed by atoms with Crippen LogP contribution in [-0.4, -0.2) is 42.0 Å². The third kappa shape index (κ3) is 8.32. The summed E-state index contributed by atoms with van der Waals surface area (Å²) in [6, 6.07) is 13.3. The SMILES string of the molecule is CC(C)OC(=O)N[C@@H](Cc1ccccc1)C(=O)ONC(=O)c1cccc(C(=O)NC(=N)N)c1. The number of carbonyl (C=O) groups excluding carboxylic acids is 4. The van der Waals surface area contributed by atoms with Gasteiger partial charge >= 0.3 is 12.1 Å². The summed E-state index contributed by atoms with van der Waals surface area (Å²) >= 11 is 0. The highest BCUT2D eigenvalue weighted by molar-refractivity contribution is 6.06. The molecule has 0 heterocycles. The fourth-order valence-electron chi connectivity index (χ4n) is 2.66. The Hall–Kier alpha value is -4.41. The molecule has 1 atom stereocenters. The summed E-state index contributed by atoms with van der Waals surface area (Å²) in [4.78, 5) is 53.8. The minimum absolute atomic E-state index is 0.0192. The van der Waals surface area contributed by atoms with E-state index in [1.165, 1.54) is 24.3 Å². The maximum absolute atomic E-state index is 12.6. The highest BCUT2D eigenvalue weighted by Gasteiger charge is 2.25. The van der Waals surface area contributed by atoms with Crippen LogP contribution in [0.25, 0.3) is 0 Å². The average molecular weight is 455 g/mol. The number of hydrogen-bond donors (Lipinski definition) is 5. The Labute approximate surface area is 190 Å². The first-order chi connectivity index (χ1) is 15.7. The lowest BCUT2D eigenvalue weighted by atomic mass is 10.1. The molecule has 0 aliphatic rings. The van der Waals surface area contributed by atoms with Crippen LogP contribution in [-0.2, 0) is 20.8 Å². The van der Waals surface area contributed by atoms with Gasteiger partial charge < -0.3 is 20.6 Å². The topological polar surface area (TPSA) is 173 Å². The van der Waals surface area contributed by atoms with E-state index in [0.717, 1.165) is 5.56 Å². The summed E-state index contributed by atoms with van der Waals surface area (Å²) in [5, 5.41) is 11.6. The molecule has 11 heteroatoms. The number of nitrogens with two attached hydrogens (primary N) is 1. The Morgan fingerprint density at radius 1 is 0.970 bits per heavy atom. The molecule has 2 aromatic rings. The molecule has 0 fully saturated rings. The van der Waals surface area contributed by atoms with Crippen LogP contribution >= 0.6 is 0 Å². The summed E-state index contributed by atoms with van der Waals surface area (Å²) in [6.45, 7) is 3.32. The largest absolute Gasteiger partial charge is 0.447 e. The van der Waals surface area contributed by atoms with E-state index in [9.17, 15) is 19.2 Å². The van der Waals surface area contributed by atoms with Gasteiger partial charge in [0.1, 0.15) is 6.04 Å². The van der Waals surface area contributed by atoms with E-state index in [1.54, 1.807) is 38.1 Å². The number of hydrogen-bond acceptors (Lipinski definition) is 7. The lowest BCUT2D eigenvalue weighted by Crippen LogP contribution is -2.46. The van der Waals surface area contributed by atoms with Gasteiger partial charge in [0.25, 0.3) is 11.8 Å². The summed E-state index contributed by atoms with van der Waals surface area (Å²) < 4.78 is 5.02. The third-order valence-electron chi connectivity index (χ3n) is 4.08. The lowest BCUT2D eigenvalue weighted by Gasteiger charge is -2.18. The number of ether oxygens (including phenoxy) is 1. The van der Waals surface area contributed by atoms with E-state index in [-0.39, 0.29) is 17.5 Å². The Morgan fingerprint density at radius 3 is 2.21 bits per heavy atom. The van der Waals surface area contributed by atoms with Gasteiger partial charge in [0, 0.05) is 17.5 Å². The van der Waals surface area contributed by atoms with Crippen LogP contribution in [0.3, 0.4) is 0 Å². The molecule has 0 radical (unpaired) electrons. The van der Waals surface area contributed by atoms with Crippen molar-refractivity contribution in [1.29, 1.82) is 5.41 Å². The van der Waals surface area contributed by atoms with Gasteiger partial charge in [-0.05, 0) is 37.6 Å². The Balaban J connectivity index is 2.05. The van der Waals surface area contributed by atoms with Crippen LogP contribution < -0.4 is 21.8 Å². The van der Waals surface area contributed by atoms with Crippen LogP contribution in [0.1, 0.15) is 40.1 Å². The zero-order valence-electron chi connectivity index (χ0n) is 18.1. The van der Waals surface area contributed by atoms with Gasteiger partial charge in [-0.25, -0.2) is 9.59 Å². The van der Waals surface area contributed by atoms with Gasteiger partial charge in [0.05, 0.1) is 6.10 Å². The lowest BCUT2D eigenvalue weighted by molar-refractivity contribution is -0.151. The van der Waals surface area contributed by atoms with Crippen LogP contribution in [0.2, 0.25) is 0 Å². The maximum atomic E-state index is 12.6. The first-order valence-electron chi connectivity index (χ1n) is 9.93. The first kappa shape index (κ1) is 24.9. The van der Waals surface area contributed by atoms with Crippen molar-refractivity contribution in [2.45, 2.75) is 32.4 Å². The van der Waals surface area contributed by atoms with E-state index < -0.39 is 42.0 Å². The maximum Gasteiger partial charge on any atom is 0.408 e. The molecular weight excluding hydrogens is 430 g/mol. The predicted molar refractivity (Wildman–Crippen MR) is 118 cm³/mol. The van der Waals surface area contributed by atoms with Gasteiger partial charge in [-0.1, -0.05) is 36.4 Å². The van der Waals surface area contributed by atoms with Crippen molar-refractivity contribution in [1.82, 2.24) is 16.1 Å². The van der Waals surface area contributed by atoms with E-state index in [2.05, 4.69) is 10.6 Å². The monoisotopic (exact) mass is 455 g/mol. The third-order valence-corrected chi connectivity index (χ3v) is 4.08. The summed E-state index contributed by atoms with van der Waals surface area (Å²) in [6.07, 6.45) is -1.10. The fourth-order valence-corrected chi connectivity index (χ4v) is 2.66. The van der Waals surface area contributed by atoms with Crippen LogP contribution in [0.15, 0.2) is 54.6 Å². The van der Waals surface area contributed by atoms with Crippen molar-refractivity contribution >= 4 is 29.8 Å². The fraction of sp³-hybridized carbons (Fsp3) is 0.227. The molecule has 33 heavy (non-hydrogen) atoms. The summed E-state index contributed by atoms with van der Waals surface area (Å²) in [5.41, 5.74) is 7.98. The summed E-state index contributed by atoms with van der Waals surface area (Å²) in [5.74, 6) is -2.94.